The number of carbonyl (C=O) groups is 2. The van der Waals surface area contributed by atoms with Crippen molar-refractivity contribution in [2.75, 3.05) is 11.9 Å². The fourth-order valence-corrected chi connectivity index (χ4v) is 3.99. The number of amides is 2. The van der Waals surface area contributed by atoms with Crippen molar-refractivity contribution >= 4 is 62.8 Å². The van der Waals surface area contributed by atoms with E-state index in [1.807, 2.05) is 10.8 Å². The van der Waals surface area contributed by atoms with Crippen molar-refractivity contribution in [2.45, 2.75) is 6.42 Å². The Hall–Kier alpha value is -1.93. The Kier molecular flexibility index (Phi) is 6.26. The van der Waals surface area contributed by atoms with Gasteiger partial charge in [-0.25, -0.2) is 4.98 Å². The Morgan fingerprint density at radius 1 is 1.15 bits per heavy atom. The fourth-order valence-electron chi connectivity index (χ4n) is 2.12. The van der Waals surface area contributed by atoms with Gasteiger partial charge in [0.2, 0.25) is 5.91 Å². The molecule has 2 heterocycles. The molecule has 9 heteroatoms. The van der Waals surface area contributed by atoms with Gasteiger partial charge in [0.1, 0.15) is 0 Å². The van der Waals surface area contributed by atoms with Gasteiger partial charge in [-0.05, 0) is 29.6 Å². The minimum atomic E-state index is -0.223. The summed E-state index contributed by atoms with van der Waals surface area (Å²) in [7, 11) is 0. The molecule has 0 saturated heterocycles. The summed E-state index contributed by atoms with van der Waals surface area (Å²) in [6.07, 6.45) is 0.160. The third kappa shape index (κ3) is 4.82. The largest absolute Gasteiger partial charge is 0.351 e. The number of thiophene rings is 1. The number of hydrogen-bond donors (Lipinski definition) is 2. The van der Waals surface area contributed by atoms with E-state index in [1.165, 1.54) is 22.7 Å². The molecule has 26 heavy (non-hydrogen) atoms. The Balaban J connectivity index is 1.52. The molecule has 3 aromatic rings. The van der Waals surface area contributed by atoms with E-state index in [4.69, 9.17) is 23.2 Å². The zero-order valence-corrected chi connectivity index (χ0v) is 16.4. The highest BCUT2D eigenvalue weighted by molar-refractivity contribution is 7.14. The van der Waals surface area contributed by atoms with E-state index in [2.05, 4.69) is 15.6 Å². The number of nitrogens with zero attached hydrogens (tertiary/aromatic N) is 1. The van der Waals surface area contributed by atoms with Gasteiger partial charge in [0.15, 0.2) is 5.13 Å². The molecule has 2 amide bonds. The van der Waals surface area contributed by atoms with Crippen LogP contribution in [0.1, 0.15) is 16.1 Å². The Bertz CT molecular complexity index is 926. The number of hydrogen-bond acceptors (Lipinski definition) is 5. The first-order valence-corrected chi connectivity index (χ1v) is 10.1. The summed E-state index contributed by atoms with van der Waals surface area (Å²) in [4.78, 5) is 28.8. The third-order valence-corrected chi connectivity index (χ3v) is 5.51. The maximum atomic E-state index is 12.0. The number of benzene rings is 1. The van der Waals surface area contributed by atoms with Crippen molar-refractivity contribution in [1.82, 2.24) is 10.3 Å². The smallest absolute Gasteiger partial charge is 0.261 e. The van der Waals surface area contributed by atoms with Gasteiger partial charge < -0.3 is 10.6 Å². The van der Waals surface area contributed by atoms with Gasteiger partial charge in [-0.3, -0.25) is 9.59 Å². The summed E-state index contributed by atoms with van der Waals surface area (Å²) < 4.78 is 0. The normalized spacial score (nSPS) is 10.5. The van der Waals surface area contributed by atoms with Gasteiger partial charge in [0.05, 0.1) is 15.6 Å². The van der Waals surface area contributed by atoms with E-state index in [9.17, 15) is 9.59 Å². The molecule has 0 unspecified atom stereocenters. The second-order valence-corrected chi connectivity index (χ2v) is 7.84. The zero-order valence-electron chi connectivity index (χ0n) is 13.3. The second-order valence-electron chi connectivity index (χ2n) is 5.19. The molecule has 0 radical (unpaired) electrons. The van der Waals surface area contributed by atoms with Gasteiger partial charge in [-0.2, -0.15) is 0 Å². The lowest BCUT2D eigenvalue weighted by Crippen LogP contribution is -2.27. The maximum absolute atomic E-state index is 12.0. The number of aromatic nitrogens is 1. The molecule has 0 saturated carbocycles. The van der Waals surface area contributed by atoms with E-state index >= 15 is 0 Å². The fraction of sp³-hybridized carbons (Fsp3) is 0.118. The molecule has 134 valence electrons. The summed E-state index contributed by atoms with van der Waals surface area (Å²) in [5, 5.41) is 10.6. The SMILES string of the molecule is O=C(CCNC(=O)c1cccs1)Nc1nc(-c2ccc(Cl)cc2Cl)cs1. The molecule has 0 spiro atoms. The molecule has 0 bridgehead atoms. The van der Waals surface area contributed by atoms with Crippen LogP contribution in [0.4, 0.5) is 5.13 Å². The van der Waals surface area contributed by atoms with E-state index < -0.39 is 0 Å². The number of anilines is 1. The van der Waals surface area contributed by atoms with Crippen molar-refractivity contribution in [3.63, 3.8) is 0 Å². The third-order valence-electron chi connectivity index (χ3n) is 3.34. The van der Waals surface area contributed by atoms with Gasteiger partial charge in [0.25, 0.3) is 5.91 Å². The zero-order chi connectivity index (χ0) is 18.5. The number of rotatable bonds is 6. The van der Waals surface area contributed by atoms with E-state index in [0.29, 0.717) is 25.7 Å². The van der Waals surface area contributed by atoms with Crippen LogP contribution in [0.5, 0.6) is 0 Å². The molecule has 0 aliphatic heterocycles. The molecule has 0 aliphatic rings. The molecule has 2 aromatic heterocycles. The van der Waals surface area contributed by atoms with E-state index in [-0.39, 0.29) is 24.8 Å². The molecular weight excluding hydrogens is 413 g/mol. The standard InChI is InChI=1S/C17H13Cl2N3O2S2/c18-10-3-4-11(12(19)8-10)13-9-26-17(21-13)22-15(23)5-6-20-16(24)14-2-1-7-25-14/h1-4,7-9H,5-6H2,(H,20,24)(H,21,22,23). The number of carbonyl (C=O) groups excluding carboxylic acids is 2. The molecular formula is C17H13Cl2N3O2S2. The molecule has 0 atom stereocenters. The summed E-state index contributed by atoms with van der Waals surface area (Å²) in [6, 6.07) is 8.70. The first-order chi connectivity index (χ1) is 12.5. The lowest BCUT2D eigenvalue weighted by atomic mass is 10.2. The summed E-state index contributed by atoms with van der Waals surface area (Å²) in [6.45, 7) is 0.254. The van der Waals surface area contributed by atoms with Gasteiger partial charge in [0, 0.05) is 28.9 Å². The highest BCUT2D eigenvalue weighted by Gasteiger charge is 2.12. The van der Waals surface area contributed by atoms with Crippen molar-refractivity contribution in [1.29, 1.82) is 0 Å². The van der Waals surface area contributed by atoms with E-state index in [1.54, 1.807) is 30.3 Å². The summed E-state index contributed by atoms with van der Waals surface area (Å²) >= 11 is 14.7. The average Bonchev–Trinajstić information content (AvgIpc) is 3.26. The average molecular weight is 426 g/mol. The lowest BCUT2D eigenvalue weighted by Gasteiger charge is -2.04. The van der Waals surface area contributed by atoms with E-state index in [0.717, 1.165) is 5.56 Å². The first kappa shape index (κ1) is 18.8. The van der Waals surface area contributed by atoms with Gasteiger partial charge in [-0.15, -0.1) is 22.7 Å². The monoisotopic (exact) mass is 425 g/mol. The van der Waals surface area contributed by atoms with Crippen LogP contribution in [0.3, 0.4) is 0 Å². The quantitative estimate of drug-likeness (QED) is 0.587. The van der Waals surface area contributed by atoms with Crippen LogP contribution in [0.15, 0.2) is 41.1 Å². The molecule has 3 rings (SSSR count). The van der Waals surface area contributed by atoms with Crippen molar-refractivity contribution in [3.05, 3.63) is 56.0 Å². The molecule has 2 N–H and O–H groups in total. The van der Waals surface area contributed by atoms with Crippen LogP contribution in [0, 0.1) is 0 Å². The predicted molar refractivity (Wildman–Crippen MR) is 107 cm³/mol. The predicted octanol–water partition coefficient (Wildman–Crippen LogP) is 4.94. The van der Waals surface area contributed by atoms with Crippen LogP contribution in [-0.4, -0.2) is 23.3 Å². The minimum Gasteiger partial charge on any atom is -0.351 e. The highest BCUT2D eigenvalue weighted by Crippen LogP contribution is 2.32. The van der Waals surface area contributed by atoms with Gasteiger partial charge >= 0.3 is 0 Å². The Labute approximate surface area is 168 Å². The molecule has 5 nitrogen and oxygen atoms in total. The van der Waals surface area contributed by atoms with Crippen LogP contribution < -0.4 is 10.6 Å². The van der Waals surface area contributed by atoms with Crippen molar-refractivity contribution in [2.24, 2.45) is 0 Å². The number of nitrogens with one attached hydrogen (secondary N) is 2. The summed E-state index contributed by atoms with van der Waals surface area (Å²) in [5.74, 6) is -0.402. The summed E-state index contributed by atoms with van der Waals surface area (Å²) in [5.41, 5.74) is 1.41. The lowest BCUT2D eigenvalue weighted by molar-refractivity contribution is -0.116. The van der Waals surface area contributed by atoms with Crippen molar-refractivity contribution < 1.29 is 9.59 Å². The van der Waals surface area contributed by atoms with Crippen LogP contribution in [-0.2, 0) is 4.79 Å². The Morgan fingerprint density at radius 3 is 2.73 bits per heavy atom. The molecule has 1 aromatic carbocycles. The van der Waals surface area contributed by atoms with Crippen LogP contribution >= 0.6 is 45.9 Å². The molecule has 0 aliphatic carbocycles. The van der Waals surface area contributed by atoms with Crippen LogP contribution in [0.25, 0.3) is 11.3 Å². The number of halogens is 2. The van der Waals surface area contributed by atoms with Crippen molar-refractivity contribution in [3.8, 4) is 11.3 Å². The second kappa shape index (κ2) is 8.64. The topological polar surface area (TPSA) is 71.1 Å². The maximum Gasteiger partial charge on any atom is 0.261 e. The van der Waals surface area contributed by atoms with Crippen LogP contribution in [0.2, 0.25) is 10.0 Å². The Morgan fingerprint density at radius 2 is 2.00 bits per heavy atom. The number of thiazole rings is 1. The minimum absolute atomic E-state index is 0.160. The molecule has 0 fully saturated rings. The highest BCUT2D eigenvalue weighted by atomic mass is 35.5. The van der Waals surface area contributed by atoms with Gasteiger partial charge in [-0.1, -0.05) is 29.3 Å². The first-order valence-electron chi connectivity index (χ1n) is 7.55.